The van der Waals surface area contributed by atoms with Gasteiger partial charge in [-0.3, -0.25) is 4.79 Å². The summed E-state index contributed by atoms with van der Waals surface area (Å²) in [6.07, 6.45) is 0. The van der Waals surface area contributed by atoms with Crippen molar-refractivity contribution in [1.29, 1.82) is 0 Å². The summed E-state index contributed by atoms with van der Waals surface area (Å²) in [5.41, 5.74) is -0.268. The fourth-order valence-corrected chi connectivity index (χ4v) is 1.54. The van der Waals surface area contributed by atoms with Crippen LogP contribution in [0.5, 0.6) is 5.75 Å². The normalized spacial score (nSPS) is 10.2. The monoisotopic (exact) mass is 263 g/mol. The van der Waals surface area contributed by atoms with Crippen LogP contribution in [0.1, 0.15) is 17.4 Å². The molecule has 0 aliphatic carbocycles. The summed E-state index contributed by atoms with van der Waals surface area (Å²) in [7, 11) is 1.55. The third kappa shape index (κ3) is 2.49. The molecule has 0 spiro atoms. The number of ether oxygens (including phenoxy) is 2. The van der Waals surface area contributed by atoms with Gasteiger partial charge in [0, 0.05) is 0 Å². The van der Waals surface area contributed by atoms with Crippen molar-refractivity contribution in [3.63, 3.8) is 0 Å². The molecule has 0 aliphatic rings. The maximum absolute atomic E-state index is 12.0. The summed E-state index contributed by atoms with van der Waals surface area (Å²) < 4.78 is 10.9. The maximum Gasteiger partial charge on any atom is 0.364 e. The Balaban J connectivity index is 2.35. The Morgan fingerprint density at radius 1 is 1.37 bits per heavy atom. The number of H-pyrrole nitrogens is 1. The van der Waals surface area contributed by atoms with Crippen molar-refractivity contribution < 1.29 is 14.3 Å². The molecule has 19 heavy (non-hydrogen) atoms. The van der Waals surface area contributed by atoms with Gasteiger partial charge < -0.3 is 9.47 Å². The number of rotatable bonds is 4. The molecule has 1 aromatic heterocycles. The van der Waals surface area contributed by atoms with Gasteiger partial charge in [-0.15, -0.1) is 5.10 Å². The van der Waals surface area contributed by atoms with Gasteiger partial charge in [-0.05, 0) is 31.2 Å². The van der Waals surface area contributed by atoms with Crippen LogP contribution in [0, 0.1) is 0 Å². The van der Waals surface area contributed by atoms with Crippen molar-refractivity contribution in [2.24, 2.45) is 0 Å². The Morgan fingerprint density at radius 2 is 2.05 bits per heavy atom. The highest BCUT2D eigenvalue weighted by molar-refractivity contribution is 5.86. The van der Waals surface area contributed by atoms with Crippen molar-refractivity contribution in [2.75, 3.05) is 13.7 Å². The number of carbonyl (C=O) groups excluding carboxylic acids is 1. The Hall–Kier alpha value is -2.57. The summed E-state index contributed by atoms with van der Waals surface area (Å²) in [6.45, 7) is 1.85. The van der Waals surface area contributed by atoms with Gasteiger partial charge in [0.1, 0.15) is 5.75 Å². The first-order chi connectivity index (χ1) is 9.17. The van der Waals surface area contributed by atoms with Crippen LogP contribution in [0.25, 0.3) is 5.69 Å². The second kappa shape index (κ2) is 5.38. The van der Waals surface area contributed by atoms with E-state index in [1.54, 1.807) is 38.3 Å². The molecule has 0 aliphatic heterocycles. The van der Waals surface area contributed by atoms with Crippen molar-refractivity contribution >= 4 is 5.97 Å². The maximum atomic E-state index is 12.0. The van der Waals surface area contributed by atoms with Crippen LogP contribution in [0.4, 0.5) is 0 Å². The number of aromatic amines is 1. The van der Waals surface area contributed by atoms with Gasteiger partial charge in [0.05, 0.1) is 19.4 Å². The summed E-state index contributed by atoms with van der Waals surface area (Å²) in [4.78, 5) is 23.4. The SMILES string of the molecule is CCOC(=O)c1n[nH]n(-c2ccc(OC)cc2)c1=O. The first kappa shape index (κ1) is 12.9. The standard InChI is InChI=1S/C12H13N3O4/c1-3-19-12(17)10-11(16)15(14-13-10)8-4-6-9(18-2)7-5-8/h4-7,14H,3H2,1-2H3. The van der Waals surface area contributed by atoms with E-state index in [1.807, 2.05) is 0 Å². The zero-order valence-corrected chi connectivity index (χ0v) is 10.5. The summed E-state index contributed by atoms with van der Waals surface area (Å²) in [6, 6.07) is 6.75. The molecule has 0 unspecified atom stereocenters. The zero-order chi connectivity index (χ0) is 13.8. The fraction of sp³-hybridized carbons (Fsp3) is 0.250. The van der Waals surface area contributed by atoms with Crippen LogP contribution >= 0.6 is 0 Å². The molecular formula is C12H13N3O4. The minimum absolute atomic E-state index is 0.188. The second-order valence-corrected chi connectivity index (χ2v) is 3.62. The van der Waals surface area contributed by atoms with Gasteiger partial charge in [-0.25, -0.2) is 14.7 Å². The molecule has 1 heterocycles. The van der Waals surface area contributed by atoms with Crippen molar-refractivity contribution in [2.45, 2.75) is 6.92 Å². The van der Waals surface area contributed by atoms with Crippen molar-refractivity contribution in [3.8, 4) is 11.4 Å². The number of hydrogen-bond donors (Lipinski definition) is 1. The van der Waals surface area contributed by atoms with Crippen LogP contribution in [-0.2, 0) is 4.74 Å². The number of nitrogens with zero attached hydrogens (tertiary/aromatic N) is 2. The lowest BCUT2D eigenvalue weighted by atomic mass is 10.3. The predicted octanol–water partition coefficient (Wildman–Crippen LogP) is 0.746. The van der Waals surface area contributed by atoms with E-state index in [4.69, 9.17) is 9.47 Å². The quantitative estimate of drug-likeness (QED) is 0.822. The average molecular weight is 263 g/mol. The van der Waals surface area contributed by atoms with Crippen LogP contribution in [-0.4, -0.2) is 34.7 Å². The number of aromatic nitrogens is 3. The van der Waals surface area contributed by atoms with E-state index in [9.17, 15) is 9.59 Å². The lowest BCUT2D eigenvalue weighted by Gasteiger charge is -2.02. The molecular weight excluding hydrogens is 250 g/mol. The van der Waals surface area contributed by atoms with E-state index in [0.717, 1.165) is 4.68 Å². The fourth-order valence-electron chi connectivity index (χ4n) is 1.54. The molecule has 0 radical (unpaired) electrons. The van der Waals surface area contributed by atoms with E-state index in [-0.39, 0.29) is 12.3 Å². The molecule has 0 fully saturated rings. The molecule has 0 amide bonds. The number of methoxy groups -OCH3 is 1. The molecule has 100 valence electrons. The van der Waals surface area contributed by atoms with Gasteiger partial charge in [-0.2, -0.15) is 0 Å². The van der Waals surface area contributed by atoms with Gasteiger partial charge in [0.25, 0.3) is 0 Å². The highest BCUT2D eigenvalue weighted by atomic mass is 16.5. The number of esters is 1. The molecule has 0 atom stereocenters. The molecule has 2 rings (SSSR count). The largest absolute Gasteiger partial charge is 0.497 e. The third-order valence-electron chi connectivity index (χ3n) is 2.47. The molecule has 7 heteroatoms. The Bertz CT molecular complexity index is 627. The van der Waals surface area contributed by atoms with Crippen LogP contribution in [0.3, 0.4) is 0 Å². The van der Waals surface area contributed by atoms with E-state index in [0.29, 0.717) is 11.4 Å². The average Bonchev–Trinajstić information content (AvgIpc) is 2.81. The van der Waals surface area contributed by atoms with Crippen LogP contribution < -0.4 is 10.3 Å². The van der Waals surface area contributed by atoms with Gasteiger partial charge in [0.15, 0.2) is 0 Å². The predicted molar refractivity (Wildman–Crippen MR) is 66.7 cm³/mol. The molecule has 1 aromatic carbocycles. The third-order valence-corrected chi connectivity index (χ3v) is 2.47. The molecule has 1 N–H and O–H groups in total. The van der Waals surface area contributed by atoms with E-state index < -0.39 is 11.5 Å². The number of benzene rings is 1. The Kier molecular flexibility index (Phi) is 3.65. The first-order valence-corrected chi connectivity index (χ1v) is 5.66. The van der Waals surface area contributed by atoms with E-state index in [1.165, 1.54) is 0 Å². The second-order valence-electron chi connectivity index (χ2n) is 3.62. The first-order valence-electron chi connectivity index (χ1n) is 5.66. The molecule has 0 saturated heterocycles. The molecule has 0 bridgehead atoms. The van der Waals surface area contributed by atoms with Crippen LogP contribution in [0.2, 0.25) is 0 Å². The van der Waals surface area contributed by atoms with E-state index in [2.05, 4.69) is 10.3 Å². The lowest BCUT2D eigenvalue weighted by molar-refractivity contribution is 0.0518. The number of hydrogen-bond acceptors (Lipinski definition) is 5. The topological polar surface area (TPSA) is 86.2 Å². The van der Waals surface area contributed by atoms with Crippen molar-refractivity contribution in [1.82, 2.24) is 15.0 Å². The smallest absolute Gasteiger partial charge is 0.364 e. The number of carbonyl (C=O) groups is 1. The molecule has 0 saturated carbocycles. The molecule has 7 nitrogen and oxygen atoms in total. The van der Waals surface area contributed by atoms with Gasteiger partial charge in [-0.1, -0.05) is 0 Å². The lowest BCUT2D eigenvalue weighted by Crippen LogP contribution is -2.21. The van der Waals surface area contributed by atoms with Crippen LogP contribution in [0.15, 0.2) is 29.1 Å². The minimum atomic E-state index is -0.740. The summed E-state index contributed by atoms with van der Waals surface area (Å²) in [5, 5.41) is 6.15. The van der Waals surface area contributed by atoms with E-state index >= 15 is 0 Å². The Labute approximate surface area is 108 Å². The summed E-state index contributed by atoms with van der Waals surface area (Å²) >= 11 is 0. The van der Waals surface area contributed by atoms with Crippen molar-refractivity contribution in [3.05, 3.63) is 40.3 Å². The summed E-state index contributed by atoms with van der Waals surface area (Å²) in [5.74, 6) is -0.0713. The number of nitrogens with one attached hydrogen (secondary N) is 1. The molecule has 2 aromatic rings. The Morgan fingerprint density at radius 3 is 2.63 bits per heavy atom. The highest BCUT2D eigenvalue weighted by Gasteiger charge is 2.18. The minimum Gasteiger partial charge on any atom is -0.497 e. The van der Waals surface area contributed by atoms with Gasteiger partial charge >= 0.3 is 11.5 Å². The highest BCUT2D eigenvalue weighted by Crippen LogP contribution is 2.12. The zero-order valence-electron chi connectivity index (χ0n) is 10.5. The van der Waals surface area contributed by atoms with Gasteiger partial charge in [0.2, 0.25) is 5.69 Å².